The molecule has 0 saturated carbocycles. The fourth-order valence-corrected chi connectivity index (χ4v) is 1.44. The SMILES string of the molecule is C#CCOC(=O)NC(CC=C)C(=O)OCCCC(C)C. The summed E-state index contributed by atoms with van der Waals surface area (Å²) in [5.74, 6) is 2.24. The van der Waals surface area contributed by atoms with Gasteiger partial charge in [0.1, 0.15) is 6.04 Å². The maximum absolute atomic E-state index is 11.8. The van der Waals surface area contributed by atoms with Crippen LogP contribution in [-0.2, 0) is 14.3 Å². The van der Waals surface area contributed by atoms with Crippen LogP contribution in [0.5, 0.6) is 0 Å². The van der Waals surface area contributed by atoms with Crippen LogP contribution in [0, 0.1) is 18.3 Å². The predicted octanol–water partition coefficient (Wildman–Crippen LogP) is 2.27. The van der Waals surface area contributed by atoms with Crippen molar-refractivity contribution in [1.29, 1.82) is 0 Å². The summed E-state index contributed by atoms with van der Waals surface area (Å²) >= 11 is 0. The van der Waals surface area contributed by atoms with Gasteiger partial charge in [-0.2, -0.15) is 0 Å². The smallest absolute Gasteiger partial charge is 0.408 e. The summed E-state index contributed by atoms with van der Waals surface area (Å²) in [4.78, 5) is 23.1. The number of alkyl carbamates (subject to hydrolysis) is 1. The Morgan fingerprint density at radius 3 is 2.65 bits per heavy atom. The summed E-state index contributed by atoms with van der Waals surface area (Å²) in [7, 11) is 0. The van der Waals surface area contributed by atoms with Gasteiger partial charge in [0.2, 0.25) is 0 Å². The topological polar surface area (TPSA) is 64.6 Å². The lowest BCUT2D eigenvalue weighted by atomic mass is 10.1. The molecule has 0 heterocycles. The minimum Gasteiger partial charge on any atom is -0.464 e. The van der Waals surface area contributed by atoms with Gasteiger partial charge in [0.25, 0.3) is 0 Å². The Labute approximate surface area is 120 Å². The van der Waals surface area contributed by atoms with Crippen molar-refractivity contribution in [1.82, 2.24) is 5.32 Å². The van der Waals surface area contributed by atoms with Crippen molar-refractivity contribution in [2.45, 2.75) is 39.2 Å². The third-order valence-corrected chi connectivity index (χ3v) is 2.44. The van der Waals surface area contributed by atoms with Crippen LogP contribution in [0.4, 0.5) is 4.79 Å². The molecule has 0 fully saturated rings. The Kier molecular flexibility index (Phi) is 9.85. The first-order chi connectivity index (χ1) is 9.51. The van der Waals surface area contributed by atoms with E-state index in [2.05, 4.69) is 36.4 Å². The van der Waals surface area contributed by atoms with Gasteiger partial charge in [-0.3, -0.25) is 0 Å². The molecule has 20 heavy (non-hydrogen) atoms. The zero-order valence-corrected chi connectivity index (χ0v) is 12.2. The van der Waals surface area contributed by atoms with Gasteiger partial charge >= 0.3 is 12.1 Å². The molecule has 0 aromatic carbocycles. The summed E-state index contributed by atoms with van der Waals surface area (Å²) in [5.41, 5.74) is 0. The second-order valence-corrected chi connectivity index (χ2v) is 4.71. The van der Waals surface area contributed by atoms with Crippen LogP contribution >= 0.6 is 0 Å². The first-order valence-corrected chi connectivity index (χ1v) is 6.65. The largest absolute Gasteiger partial charge is 0.464 e. The van der Waals surface area contributed by atoms with Gasteiger partial charge in [-0.05, 0) is 25.2 Å². The summed E-state index contributed by atoms with van der Waals surface area (Å²) in [5, 5.41) is 2.40. The summed E-state index contributed by atoms with van der Waals surface area (Å²) in [6, 6.07) is -0.795. The number of carbonyl (C=O) groups is 2. The van der Waals surface area contributed by atoms with Crippen LogP contribution in [0.3, 0.4) is 0 Å². The van der Waals surface area contributed by atoms with E-state index in [-0.39, 0.29) is 13.0 Å². The first-order valence-electron chi connectivity index (χ1n) is 6.65. The molecule has 1 unspecified atom stereocenters. The molecule has 1 N–H and O–H groups in total. The Morgan fingerprint density at radius 1 is 1.40 bits per heavy atom. The van der Waals surface area contributed by atoms with Crippen molar-refractivity contribution in [3.8, 4) is 12.3 Å². The van der Waals surface area contributed by atoms with E-state index in [1.165, 1.54) is 6.08 Å². The van der Waals surface area contributed by atoms with Crippen LogP contribution in [0.2, 0.25) is 0 Å². The molecule has 1 atom stereocenters. The monoisotopic (exact) mass is 281 g/mol. The average molecular weight is 281 g/mol. The van der Waals surface area contributed by atoms with Crippen molar-refractivity contribution >= 4 is 12.1 Å². The zero-order chi connectivity index (χ0) is 15.4. The van der Waals surface area contributed by atoms with Gasteiger partial charge in [-0.1, -0.05) is 25.8 Å². The van der Waals surface area contributed by atoms with Crippen LogP contribution in [0.25, 0.3) is 0 Å². The normalized spacial score (nSPS) is 11.3. The number of ether oxygens (including phenoxy) is 2. The fraction of sp³-hybridized carbons (Fsp3) is 0.600. The predicted molar refractivity (Wildman–Crippen MR) is 76.9 cm³/mol. The van der Waals surface area contributed by atoms with Crippen molar-refractivity contribution in [3.05, 3.63) is 12.7 Å². The van der Waals surface area contributed by atoms with E-state index >= 15 is 0 Å². The molecule has 5 heteroatoms. The summed E-state index contributed by atoms with van der Waals surface area (Å²) in [6.07, 6.45) is 7.81. The van der Waals surface area contributed by atoms with Gasteiger partial charge in [-0.15, -0.1) is 13.0 Å². The second kappa shape index (κ2) is 10.9. The number of amides is 1. The molecule has 112 valence electrons. The summed E-state index contributed by atoms with van der Waals surface area (Å²) in [6.45, 7) is 7.94. The van der Waals surface area contributed by atoms with E-state index < -0.39 is 18.1 Å². The van der Waals surface area contributed by atoms with E-state index in [0.29, 0.717) is 12.5 Å². The van der Waals surface area contributed by atoms with Crippen LogP contribution in [0.1, 0.15) is 33.1 Å². The minimum absolute atomic E-state index is 0.143. The highest BCUT2D eigenvalue weighted by Gasteiger charge is 2.21. The van der Waals surface area contributed by atoms with E-state index in [1.807, 2.05) is 0 Å². The molecule has 0 saturated heterocycles. The quantitative estimate of drug-likeness (QED) is 0.305. The lowest BCUT2D eigenvalue weighted by molar-refractivity contribution is -0.146. The Morgan fingerprint density at radius 2 is 2.10 bits per heavy atom. The Hall–Kier alpha value is -1.96. The molecular weight excluding hydrogens is 258 g/mol. The van der Waals surface area contributed by atoms with E-state index in [1.54, 1.807) is 0 Å². The zero-order valence-electron chi connectivity index (χ0n) is 12.2. The van der Waals surface area contributed by atoms with Crippen molar-refractivity contribution in [2.75, 3.05) is 13.2 Å². The number of hydrogen-bond donors (Lipinski definition) is 1. The Balaban J connectivity index is 4.15. The maximum atomic E-state index is 11.8. The lowest BCUT2D eigenvalue weighted by Gasteiger charge is -2.16. The first kappa shape index (κ1) is 18.0. The third kappa shape index (κ3) is 9.03. The number of esters is 1. The van der Waals surface area contributed by atoms with E-state index in [9.17, 15) is 9.59 Å². The molecule has 1 amide bonds. The molecule has 0 aromatic heterocycles. The van der Waals surface area contributed by atoms with E-state index in [4.69, 9.17) is 11.2 Å². The number of carbonyl (C=O) groups excluding carboxylic acids is 2. The van der Waals surface area contributed by atoms with Crippen LogP contribution in [-0.4, -0.2) is 31.3 Å². The standard InChI is InChI=1S/C15H23NO4/c1-5-8-13(16-15(18)20-10-6-2)14(17)19-11-7-9-12(3)4/h2,5,12-13H,1,7-11H2,3-4H3,(H,16,18). The molecule has 0 aliphatic rings. The molecule has 0 aliphatic carbocycles. The molecule has 0 aliphatic heterocycles. The lowest BCUT2D eigenvalue weighted by Crippen LogP contribution is -2.42. The molecular formula is C15H23NO4. The van der Waals surface area contributed by atoms with Gasteiger partial charge < -0.3 is 14.8 Å². The highest BCUT2D eigenvalue weighted by Crippen LogP contribution is 2.04. The van der Waals surface area contributed by atoms with Gasteiger partial charge in [-0.25, -0.2) is 9.59 Å². The van der Waals surface area contributed by atoms with Crippen LogP contribution < -0.4 is 5.32 Å². The molecule has 0 aromatic rings. The maximum Gasteiger partial charge on any atom is 0.408 e. The number of rotatable bonds is 9. The molecule has 0 rings (SSSR count). The average Bonchev–Trinajstić information content (AvgIpc) is 2.40. The fourth-order valence-electron chi connectivity index (χ4n) is 1.44. The number of hydrogen-bond acceptors (Lipinski definition) is 4. The van der Waals surface area contributed by atoms with Crippen molar-refractivity contribution in [3.63, 3.8) is 0 Å². The second-order valence-electron chi connectivity index (χ2n) is 4.71. The van der Waals surface area contributed by atoms with Crippen LogP contribution in [0.15, 0.2) is 12.7 Å². The van der Waals surface area contributed by atoms with E-state index in [0.717, 1.165) is 12.8 Å². The summed E-state index contributed by atoms with van der Waals surface area (Å²) < 4.78 is 9.76. The highest BCUT2D eigenvalue weighted by molar-refractivity contribution is 5.81. The van der Waals surface area contributed by atoms with Crippen molar-refractivity contribution < 1.29 is 19.1 Å². The number of terminal acetylenes is 1. The molecule has 0 bridgehead atoms. The van der Waals surface area contributed by atoms with Gasteiger partial charge in [0.15, 0.2) is 6.61 Å². The van der Waals surface area contributed by atoms with Gasteiger partial charge in [0.05, 0.1) is 6.61 Å². The number of nitrogens with one attached hydrogen (secondary N) is 1. The van der Waals surface area contributed by atoms with Crippen molar-refractivity contribution in [2.24, 2.45) is 5.92 Å². The van der Waals surface area contributed by atoms with Gasteiger partial charge in [0, 0.05) is 0 Å². The minimum atomic E-state index is -0.795. The highest BCUT2D eigenvalue weighted by atomic mass is 16.6. The Bertz CT molecular complexity index is 357. The molecule has 0 radical (unpaired) electrons. The third-order valence-electron chi connectivity index (χ3n) is 2.44. The molecule has 5 nitrogen and oxygen atoms in total. The molecule has 0 spiro atoms.